The molecule has 0 saturated heterocycles. The van der Waals surface area contributed by atoms with Gasteiger partial charge >= 0.3 is 0 Å². The van der Waals surface area contributed by atoms with Crippen LogP contribution in [-0.2, 0) is 6.42 Å². The van der Waals surface area contributed by atoms with E-state index in [9.17, 15) is 4.79 Å². The molecule has 1 amide bonds. The number of amides is 1. The average molecular weight is 290 g/mol. The van der Waals surface area contributed by atoms with Crippen molar-refractivity contribution in [1.82, 2.24) is 10.3 Å². The summed E-state index contributed by atoms with van der Waals surface area (Å²) in [6.45, 7) is 0.583. The number of anilines is 1. The van der Waals surface area contributed by atoms with Crippen molar-refractivity contribution in [1.29, 1.82) is 0 Å². The van der Waals surface area contributed by atoms with Crippen LogP contribution in [0.3, 0.4) is 0 Å². The van der Waals surface area contributed by atoms with Gasteiger partial charge in [0.15, 0.2) is 0 Å². The van der Waals surface area contributed by atoms with Crippen LogP contribution in [-0.4, -0.2) is 17.4 Å². The summed E-state index contributed by atoms with van der Waals surface area (Å²) >= 11 is 5.86. The van der Waals surface area contributed by atoms with Crippen LogP contribution in [0.5, 0.6) is 0 Å². The van der Waals surface area contributed by atoms with Crippen LogP contribution in [0.2, 0.25) is 5.02 Å². The first-order valence-corrected chi connectivity index (χ1v) is 6.77. The van der Waals surface area contributed by atoms with Crippen LogP contribution >= 0.6 is 11.6 Å². The van der Waals surface area contributed by atoms with Gasteiger partial charge in [-0.1, -0.05) is 17.7 Å². The van der Waals surface area contributed by atoms with Crippen LogP contribution in [0.25, 0.3) is 0 Å². The van der Waals surface area contributed by atoms with Gasteiger partial charge in [-0.3, -0.25) is 9.78 Å². The smallest absolute Gasteiger partial charge is 0.253 e. The van der Waals surface area contributed by atoms with Crippen molar-refractivity contribution in [3.63, 3.8) is 0 Å². The zero-order valence-corrected chi connectivity index (χ0v) is 11.7. The van der Waals surface area contributed by atoms with Crippen LogP contribution in [0.1, 0.15) is 22.3 Å². The van der Waals surface area contributed by atoms with E-state index in [0.717, 1.165) is 18.4 Å². The SMILES string of the molecule is Nc1ccc(Cl)cc1C(=O)NCCCc1cccnc1. The molecular weight excluding hydrogens is 274 g/mol. The van der Waals surface area contributed by atoms with Crippen LogP contribution in [0.15, 0.2) is 42.7 Å². The van der Waals surface area contributed by atoms with Crippen molar-refractivity contribution < 1.29 is 4.79 Å². The lowest BCUT2D eigenvalue weighted by Crippen LogP contribution is -2.25. The molecule has 0 atom stereocenters. The normalized spacial score (nSPS) is 10.2. The van der Waals surface area contributed by atoms with Crippen molar-refractivity contribution in [2.75, 3.05) is 12.3 Å². The van der Waals surface area contributed by atoms with Gasteiger partial charge in [0.05, 0.1) is 5.56 Å². The van der Waals surface area contributed by atoms with Gasteiger partial charge < -0.3 is 11.1 Å². The van der Waals surface area contributed by atoms with Gasteiger partial charge in [-0.15, -0.1) is 0 Å². The van der Waals surface area contributed by atoms with E-state index in [1.807, 2.05) is 18.3 Å². The Hall–Kier alpha value is -2.07. The number of pyridine rings is 1. The molecular formula is C15H16ClN3O. The van der Waals surface area contributed by atoms with Crippen molar-refractivity contribution in [2.24, 2.45) is 0 Å². The highest BCUT2D eigenvalue weighted by molar-refractivity contribution is 6.31. The van der Waals surface area contributed by atoms with Gasteiger partial charge in [-0.2, -0.15) is 0 Å². The molecule has 0 aliphatic rings. The predicted octanol–water partition coefficient (Wildman–Crippen LogP) is 2.68. The Morgan fingerprint density at radius 3 is 2.95 bits per heavy atom. The third-order valence-electron chi connectivity index (χ3n) is 2.91. The zero-order chi connectivity index (χ0) is 14.4. The fourth-order valence-electron chi connectivity index (χ4n) is 1.86. The summed E-state index contributed by atoms with van der Waals surface area (Å²) in [6.07, 6.45) is 5.29. The molecule has 3 N–H and O–H groups in total. The van der Waals surface area contributed by atoms with Crippen LogP contribution in [0.4, 0.5) is 5.69 Å². The summed E-state index contributed by atoms with van der Waals surface area (Å²) in [5.41, 5.74) is 7.76. The van der Waals surface area contributed by atoms with Crippen molar-refractivity contribution in [2.45, 2.75) is 12.8 Å². The molecule has 5 heteroatoms. The number of nitrogen functional groups attached to an aromatic ring is 1. The lowest BCUT2D eigenvalue weighted by molar-refractivity contribution is 0.0954. The van der Waals surface area contributed by atoms with E-state index in [2.05, 4.69) is 10.3 Å². The Bertz CT molecular complexity index is 587. The zero-order valence-electron chi connectivity index (χ0n) is 11.0. The van der Waals surface area contributed by atoms with E-state index in [0.29, 0.717) is 22.8 Å². The number of carbonyl (C=O) groups excluding carboxylic acids is 1. The van der Waals surface area contributed by atoms with E-state index in [1.54, 1.807) is 24.4 Å². The summed E-state index contributed by atoms with van der Waals surface area (Å²) in [5.74, 6) is -0.198. The molecule has 2 rings (SSSR count). The number of hydrogen-bond donors (Lipinski definition) is 2. The highest BCUT2D eigenvalue weighted by Gasteiger charge is 2.09. The van der Waals surface area contributed by atoms with E-state index in [-0.39, 0.29) is 5.91 Å². The first-order valence-electron chi connectivity index (χ1n) is 6.39. The predicted molar refractivity (Wildman–Crippen MR) is 80.8 cm³/mol. The minimum atomic E-state index is -0.198. The molecule has 0 saturated carbocycles. The molecule has 0 fully saturated rings. The van der Waals surface area contributed by atoms with Crippen LogP contribution < -0.4 is 11.1 Å². The van der Waals surface area contributed by atoms with Gasteiger partial charge in [0, 0.05) is 29.6 Å². The van der Waals surface area contributed by atoms with Gasteiger partial charge in [0.2, 0.25) is 0 Å². The largest absolute Gasteiger partial charge is 0.398 e. The average Bonchev–Trinajstić information content (AvgIpc) is 2.47. The van der Waals surface area contributed by atoms with Gasteiger partial charge in [-0.25, -0.2) is 0 Å². The Kier molecular flexibility index (Phi) is 4.96. The van der Waals surface area contributed by atoms with Gasteiger partial charge in [0.25, 0.3) is 5.91 Å². The molecule has 1 aromatic heterocycles. The highest BCUT2D eigenvalue weighted by atomic mass is 35.5. The van der Waals surface area contributed by atoms with Crippen LogP contribution in [0, 0.1) is 0 Å². The number of nitrogens with one attached hydrogen (secondary N) is 1. The number of rotatable bonds is 5. The maximum absolute atomic E-state index is 12.0. The van der Waals surface area contributed by atoms with E-state index < -0.39 is 0 Å². The number of aryl methyl sites for hydroxylation is 1. The lowest BCUT2D eigenvalue weighted by Gasteiger charge is -2.08. The molecule has 1 heterocycles. The Labute approximate surface area is 123 Å². The monoisotopic (exact) mass is 289 g/mol. The summed E-state index contributed by atoms with van der Waals surface area (Å²) in [7, 11) is 0. The standard InChI is InChI=1S/C15H16ClN3O/c16-12-5-6-14(17)13(9-12)15(20)19-8-2-4-11-3-1-7-18-10-11/h1,3,5-7,9-10H,2,4,8,17H2,(H,19,20). The first-order chi connectivity index (χ1) is 9.66. The summed E-state index contributed by atoms with van der Waals surface area (Å²) in [5, 5.41) is 3.34. The van der Waals surface area contributed by atoms with Crippen molar-refractivity contribution >= 4 is 23.2 Å². The Balaban J connectivity index is 1.82. The number of nitrogens with two attached hydrogens (primary N) is 1. The second-order valence-corrected chi connectivity index (χ2v) is 4.89. The third-order valence-corrected chi connectivity index (χ3v) is 3.15. The number of carbonyl (C=O) groups is 1. The second kappa shape index (κ2) is 6.91. The minimum Gasteiger partial charge on any atom is -0.398 e. The molecule has 0 spiro atoms. The van der Waals surface area contributed by atoms with E-state index in [1.165, 1.54) is 0 Å². The maximum atomic E-state index is 12.0. The molecule has 2 aromatic rings. The maximum Gasteiger partial charge on any atom is 0.253 e. The molecule has 104 valence electrons. The number of halogens is 1. The fourth-order valence-corrected chi connectivity index (χ4v) is 2.03. The second-order valence-electron chi connectivity index (χ2n) is 4.45. The minimum absolute atomic E-state index is 0.198. The van der Waals surface area contributed by atoms with Gasteiger partial charge in [-0.05, 0) is 42.7 Å². The fraction of sp³-hybridized carbons (Fsp3) is 0.200. The topological polar surface area (TPSA) is 68.0 Å². The van der Waals surface area contributed by atoms with Crippen molar-refractivity contribution in [3.8, 4) is 0 Å². The van der Waals surface area contributed by atoms with E-state index >= 15 is 0 Å². The molecule has 4 nitrogen and oxygen atoms in total. The third kappa shape index (κ3) is 3.96. The first kappa shape index (κ1) is 14.3. The number of benzene rings is 1. The summed E-state index contributed by atoms with van der Waals surface area (Å²) in [6, 6.07) is 8.79. The molecule has 0 aliphatic carbocycles. The Morgan fingerprint density at radius 2 is 2.20 bits per heavy atom. The number of aromatic nitrogens is 1. The molecule has 0 unspecified atom stereocenters. The molecule has 0 radical (unpaired) electrons. The lowest BCUT2D eigenvalue weighted by atomic mass is 10.1. The molecule has 0 bridgehead atoms. The summed E-state index contributed by atoms with van der Waals surface area (Å²) < 4.78 is 0. The Morgan fingerprint density at radius 1 is 1.35 bits per heavy atom. The molecule has 0 aliphatic heterocycles. The molecule has 1 aromatic carbocycles. The van der Waals surface area contributed by atoms with Gasteiger partial charge in [0.1, 0.15) is 0 Å². The molecule has 20 heavy (non-hydrogen) atoms. The quantitative estimate of drug-likeness (QED) is 0.657. The van der Waals surface area contributed by atoms with E-state index in [4.69, 9.17) is 17.3 Å². The van der Waals surface area contributed by atoms with Crippen molar-refractivity contribution in [3.05, 3.63) is 58.9 Å². The number of nitrogens with zero attached hydrogens (tertiary/aromatic N) is 1. The summed E-state index contributed by atoms with van der Waals surface area (Å²) in [4.78, 5) is 16.0. The highest BCUT2D eigenvalue weighted by Crippen LogP contribution is 2.17. The number of hydrogen-bond acceptors (Lipinski definition) is 3.